The predicted octanol–water partition coefficient (Wildman–Crippen LogP) is 6.79. The molecule has 0 amide bonds. The summed E-state index contributed by atoms with van der Waals surface area (Å²) >= 11 is 5.59. The SMILES string of the molecule is O=c1c2cc(Br)ccc2nc(C2CCCCC2)n1N=Cc1ccc(Oc2ccc([N+](=O)[O-])cn2)c(I)c1. The molecule has 1 fully saturated rings. The second-order valence-electron chi connectivity index (χ2n) is 8.73. The Hall–Kier alpha value is -3.19. The molecule has 0 unspecified atom stereocenters. The lowest BCUT2D eigenvalue weighted by Gasteiger charge is -2.22. The Labute approximate surface area is 234 Å². The van der Waals surface area contributed by atoms with Crippen molar-refractivity contribution in [3.8, 4) is 11.6 Å². The highest BCUT2D eigenvalue weighted by atomic mass is 127. The topological polar surface area (TPSA) is 113 Å². The van der Waals surface area contributed by atoms with Gasteiger partial charge in [0.1, 0.15) is 17.8 Å². The van der Waals surface area contributed by atoms with Crippen LogP contribution in [0.5, 0.6) is 11.6 Å². The van der Waals surface area contributed by atoms with Crippen LogP contribution in [0, 0.1) is 13.7 Å². The highest BCUT2D eigenvalue weighted by Crippen LogP contribution is 2.32. The van der Waals surface area contributed by atoms with E-state index in [1.165, 1.54) is 23.2 Å². The Kier molecular flexibility index (Phi) is 7.60. The molecule has 188 valence electrons. The largest absolute Gasteiger partial charge is 0.438 e. The number of rotatable bonds is 6. The Bertz CT molecular complexity index is 1570. The fourth-order valence-electron chi connectivity index (χ4n) is 4.36. The van der Waals surface area contributed by atoms with Crippen LogP contribution in [0.3, 0.4) is 0 Å². The predicted molar refractivity (Wildman–Crippen MR) is 153 cm³/mol. The first-order chi connectivity index (χ1) is 17.9. The first-order valence-electron chi connectivity index (χ1n) is 11.7. The molecule has 0 radical (unpaired) electrons. The van der Waals surface area contributed by atoms with Gasteiger partial charge in [-0.25, -0.2) is 9.97 Å². The van der Waals surface area contributed by atoms with Crippen molar-refractivity contribution in [2.45, 2.75) is 38.0 Å². The van der Waals surface area contributed by atoms with Crippen LogP contribution in [-0.2, 0) is 0 Å². The van der Waals surface area contributed by atoms with Crippen LogP contribution < -0.4 is 10.3 Å². The first kappa shape index (κ1) is 25.5. The minimum Gasteiger partial charge on any atom is -0.438 e. The first-order valence-corrected chi connectivity index (χ1v) is 13.6. The highest BCUT2D eigenvalue weighted by molar-refractivity contribution is 14.1. The van der Waals surface area contributed by atoms with E-state index in [4.69, 9.17) is 9.72 Å². The van der Waals surface area contributed by atoms with Crippen molar-refractivity contribution in [1.82, 2.24) is 14.6 Å². The van der Waals surface area contributed by atoms with Crippen LogP contribution in [0.25, 0.3) is 10.9 Å². The van der Waals surface area contributed by atoms with Gasteiger partial charge in [0.2, 0.25) is 5.88 Å². The summed E-state index contributed by atoms with van der Waals surface area (Å²) in [5.41, 5.74) is 1.16. The van der Waals surface area contributed by atoms with Gasteiger partial charge in [-0.3, -0.25) is 14.9 Å². The van der Waals surface area contributed by atoms with E-state index < -0.39 is 4.92 Å². The van der Waals surface area contributed by atoms with Gasteiger partial charge in [0.05, 0.1) is 25.6 Å². The van der Waals surface area contributed by atoms with Gasteiger partial charge in [0.15, 0.2) is 0 Å². The maximum Gasteiger partial charge on any atom is 0.287 e. The number of nitro groups is 1. The summed E-state index contributed by atoms with van der Waals surface area (Å²) in [7, 11) is 0. The summed E-state index contributed by atoms with van der Waals surface area (Å²) in [5.74, 6) is 1.70. The quantitative estimate of drug-likeness (QED) is 0.0964. The molecule has 2 aromatic heterocycles. The number of nitrogens with zero attached hydrogens (tertiary/aromatic N) is 5. The van der Waals surface area contributed by atoms with Crippen LogP contribution in [0.4, 0.5) is 5.69 Å². The van der Waals surface area contributed by atoms with Crippen molar-refractivity contribution in [2.75, 3.05) is 0 Å². The summed E-state index contributed by atoms with van der Waals surface area (Å²) in [6, 6.07) is 13.8. The van der Waals surface area contributed by atoms with Gasteiger partial charge in [0, 0.05) is 22.5 Å². The summed E-state index contributed by atoms with van der Waals surface area (Å²) in [6.07, 6.45) is 8.22. The van der Waals surface area contributed by atoms with Crippen molar-refractivity contribution in [3.05, 3.63) is 94.6 Å². The Morgan fingerprint density at radius 3 is 2.65 bits per heavy atom. The second-order valence-corrected chi connectivity index (χ2v) is 10.8. The molecule has 1 saturated carbocycles. The minimum absolute atomic E-state index is 0.105. The lowest BCUT2D eigenvalue weighted by molar-refractivity contribution is -0.385. The number of hydrogen-bond donors (Lipinski definition) is 0. The third kappa shape index (κ3) is 5.72. The molecule has 0 N–H and O–H groups in total. The molecule has 0 bridgehead atoms. The lowest BCUT2D eigenvalue weighted by Crippen LogP contribution is -2.25. The molecule has 0 atom stereocenters. The fraction of sp³-hybridized carbons (Fsp3) is 0.231. The van der Waals surface area contributed by atoms with Gasteiger partial charge < -0.3 is 4.74 Å². The standard InChI is InChI=1S/C26H21BrIN5O4/c27-18-7-9-22-20(13-18)26(34)32(25(31-22)17-4-2-1-3-5-17)30-14-16-6-10-23(21(28)12-16)37-24-11-8-19(15-29-24)33(35)36/h6-15,17H,1-5H2. The van der Waals surface area contributed by atoms with Crippen LogP contribution in [0.2, 0.25) is 0 Å². The fourth-order valence-corrected chi connectivity index (χ4v) is 5.37. The summed E-state index contributed by atoms with van der Waals surface area (Å²) in [5, 5.41) is 15.9. The molecule has 11 heteroatoms. The summed E-state index contributed by atoms with van der Waals surface area (Å²) in [6.45, 7) is 0. The molecule has 1 aliphatic carbocycles. The maximum atomic E-state index is 13.5. The van der Waals surface area contributed by atoms with E-state index in [1.54, 1.807) is 18.3 Å². The van der Waals surface area contributed by atoms with Crippen molar-refractivity contribution >= 4 is 61.3 Å². The Balaban J connectivity index is 1.45. The summed E-state index contributed by atoms with van der Waals surface area (Å²) < 4.78 is 8.84. The average Bonchev–Trinajstić information content (AvgIpc) is 2.90. The molecule has 0 saturated heterocycles. The molecule has 2 heterocycles. The van der Waals surface area contributed by atoms with Crippen molar-refractivity contribution in [3.63, 3.8) is 0 Å². The lowest BCUT2D eigenvalue weighted by atomic mass is 9.88. The molecule has 1 aliphatic rings. The number of hydrogen-bond acceptors (Lipinski definition) is 7. The van der Waals surface area contributed by atoms with Crippen LogP contribution in [-0.4, -0.2) is 25.8 Å². The number of aromatic nitrogens is 3. The van der Waals surface area contributed by atoms with Crippen molar-refractivity contribution < 1.29 is 9.66 Å². The van der Waals surface area contributed by atoms with Gasteiger partial charge in [-0.1, -0.05) is 35.2 Å². The van der Waals surface area contributed by atoms with E-state index in [0.29, 0.717) is 22.5 Å². The number of halogens is 2. The third-order valence-corrected chi connectivity index (χ3v) is 7.56. The Morgan fingerprint density at radius 1 is 1.14 bits per heavy atom. The smallest absolute Gasteiger partial charge is 0.287 e. The zero-order valence-electron chi connectivity index (χ0n) is 19.5. The molecule has 0 spiro atoms. The van der Waals surface area contributed by atoms with Gasteiger partial charge in [0.25, 0.3) is 11.2 Å². The molecule has 0 aliphatic heterocycles. The molecule has 37 heavy (non-hydrogen) atoms. The third-order valence-electron chi connectivity index (χ3n) is 6.23. The van der Waals surface area contributed by atoms with E-state index in [0.717, 1.165) is 45.5 Å². The molecule has 4 aromatic rings. The maximum absolute atomic E-state index is 13.5. The Morgan fingerprint density at radius 2 is 1.95 bits per heavy atom. The zero-order valence-corrected chi connectivity index (χ0v) is 23.3. The van der Waals surface area contributed by atoms with Crippen molar-refractivity contribution in [1.29, 1.82) is 0 Å². The molecule has 2 aromatic carbocycles. The molecular formula is C26H21BrIN5O4. The van der Waals surface area contributed by atoms with E-state index in [-0.39, 0.29) is 23.0 Å². The summed E-state index contributed by atoms with van der Waals surface area (Å²) in [4.78, 5) is 32.6. The van der Waals surface area contributed by atoms with E-state index in [2.05, 4.69) is 48.6 Å². The van der Waals surface area contributed by atoms with Gasteiger partial charge in [-0.15, -0.1) is 0 Å². The molecule has 9 nitrogen and oxygen atoms in total. The number of ether oxygens (including phenoxy) is 1. The number of fused-ring (bicyclic) bond motifs is 1. The van der Waals surface area contributed by atoms with Gasteiger partial charge in [-0.05, 0) is 77.4 Å². The van der Waals surface area contributed by atoms with E-state index in [1.807, 2.05) is 24.3 Å². The van der Waals surface area contributed by atoms with Gasteiger partial charge in [-0.2, -0.15) is 9.78 Å². The van der Waals surface area contributed by atoms with Gasteiger partial charge >= 0.3 is 0 Å². The van der Waals surface area contributed by atoms with E-state index in [9.17, 15) is 14.9 Å². The minimum atomic E-state index is -0.510. The van der Waals surface area contributed by atoms with Crippen molar-refractivity contribution in [2.24, 2.45) is 5.10 Å². The second kappa shape index (κ2) is 11.1. The average molecular weight is 674 g/mol. The van der Waals surface area contributed by atoms with Crippen LogP contribution in [0.1, 0.15) is 49.4 Å². The number of pyridine rings is 1. The zero-order chi connectivity index (χ0) is 25.9. The van der Waals surface area contributed by atoms with Crippen LogP contribution in [0.15, 0.2) is 69.1 Å². The van der Waals surface area contributed by atoms with E-state index >= 15 is 0 Å². The number of benzene rings is 2. The normalized spacial score (nSPS) is 14.3. The van der Waals surface area contributed by atoms with Crippen LogP contribution >= 0.6 is 38.5 Å². The molecule has 5 rings (SSSR count). The highest BCUT2D eigenvalue weighted by Gasteiger charge is 2.22. The molecular weight excluding hydrogens is 653 g/mol. The monoisotopic (exact) mass is 673 g/mol.